The highest BCUT2D eigenvalue weighted by molar-refractivity contribution is 7.80. The molecule has 0 fully saturated rings. The number of hydrogen-bond acceptors (Lipinski definition) is 4. The molecular formula is C12H14N4OS. The zero-order valence-electron chi connectivity index (χ0n) is 10.0. The Balaban J connectivity index is 2.01. The summed E-state index contributed by atoms with van der Waals surface area (Å²) >= 11 is 5.16. The van der Waals surface area contributed by atoms with Crippen molar-refractivity contribution in [1.29, 1.82) is 0 Å². The SMILES string of the molecule is COCCNC(=S)Nc1ccc2ncncc2c1. The fraction of sp³-hybridized carbons (Fsp3) is 0.250. The number of rotatable bonds is 4. The summed E-state index contributed by atoms with van der Waals surface area (Å²) in [5, 5.41) is 7.69. The number of nitrogens with one attached hydrogen (secondary N) is 2. The number of nitrogens with zero attached hydrogens (tertiary/aromatic N) is 2. The minimum atomic E-state index is 0.572. The van der Waals surface area contributed by atoms with Gasteiger partial charge in [-0.05, 0) is 30.4 Å². The second-order valence-corrected chi connectivity index (χ2v) is 4.08. The molecule has 0 saturated carbocycles. The third-order valence-electron chi connectivity index (χ3n) is 2.35. The van der Waals surface area contributed by atoms with Crippen molar-refractivity contribution >= 4 is 33.9 Å². The van der Waals surface area contributed by atoms with Gasteiger partial charge in [0.05, 0.1) is 12.1 Å². The van der Waals surface area contributed by atoms with Gasteiger partial charge >= 0.3 is 0 Å². The molecule has 0 aliphatic carbocycles. The van der Waals surface area contributed by atoms with E-state index in [1.165, 1.54) is 6.33 Å². The van der Waals surface area contributed by atoms with Crippen LogP contribution >= 0.6 is 12.2 Å². The quantitative estimate of drug-likeness (QED) is 0.644. The Morgan fingerprint density at radius 2 is 2.33 bits per heavy atom. The van der Waals surface area contributed by atoms with Gasteiger partial charge in [-0.1, -0.05) is 0 Å². The maximum absolute atomic E-state index is 5.16. The molecular weight excluding hydrogens is 248 g/mol. The van der Waals surface area contributed by atoms with Crippen molar-refractivity contribution < 1.29 is 4.74 Å². The summed E-state index contributed by atoms with van der Waals surface area (Å²) in [6.45, 7) is 1.30. The van der Waals surface area contributed by atoms with Gasteiger partial charge in [-0.3, -0.25) is 0 Å². The average molecular weight is 262 g/mol. The predicted molar refractivity (Wildman–Crippen MR) is 75.6 cm³/mol. The van der Waals surface area contributed by atoms with Crippen LogP contribution in [-0.2, 0) is 4.74 Å². The van der Waals surface area contributed by atoms with Gasteiger partial charge < -0.3 is 15.4 Å². The van der Waals surface area contributed by atoms with E-state index in [9.17, 15) is 0 Å². The summed E-state index contributed by atoms with van der Waals surface area (Å²) in [4.78, 5) is 8.15. The van der Waals surface area contributed by atoms with Crippen LogP contribution in [0.4, 0.5) is 5.69 Å². The van der Waals surface area contributed by atoms with Crippen LogP contribution in [0.1, 0.15) is 0 Å². The molecule has 0 aliphatic heterocycles. The van der Waals surface area contributed by atoms with Crippen LogP contribution in [0.15, 0.2) is 30.7 Å². The molecule has 0 spiro atoms. The molecule has 2 rings (SSSR count). The van der Waals surface area contributed by atoms with Gasteiger partial charge in [0.25, 0.3) is 0 Å². The molecule has 6 heteroatoms. The summed E-state index contributed by atoms with van der Waals surface area (Å²) in [7, 11) is 1.65. The van der Waals surface area contributed by atoms with Crippen molar-refractivity contribution in [3.05, 3.63) is 30.7 Å². The first kappa shape index (κ1) is 12.7. The van der Waals surface area contributed by atoms with E-state index >= 15 is 0 Å². The van der Waals surface area contributed by atoms with Gasteiger partial charge in [0.1, 0.15) is 6.33 Å². The van der Waals surface area contributed by atoms with Crippen LogP contribution in [0.3, 0.4) is 0 Å². The number of anilines is 1. The van der Waals surface area contributed by atoms with E-state index in [0.29, 0.717) is 18.3 Å². The number of thiocarbonyl (C=S) groups is 1. The molecule has 18 heavy (non-hydrogen) atoms. The zero-order chi connectivity index (χ0) is 12.8. The number of benzene rings is 1. The Morgan fingerprint density at radius 3 is 3.17 bits per heavy atom. The predicted octanol–water partition coefficient (Wildman–Crippen LogP) is 1.56. The maximum atomic E-state index is 5.16. The highest BCUT2D eigenvalue weighted by atomic mass is 32.1. The van der Waals surface area contributed by atoms with E-state index in [1.807, 2.05) is 18.2 Å². The Kier molecular flexibility index (Phi) is 4.38. The minimum absolute atomic E-state index is 0.572. The van der Waals surface area contributed by atoms with Crippen LogP contribution in [0, 0.1) is 0 Å². The first-order valence-corrected chi connectivity index (χ1v) is 5.94. The molecule has 0 atom stereocenters. The summed E-state index contributed by atoms with van der Waals surface area (Å²) in [6, 6.07) is 5.82. The monoisotopic (exact) mass is 262 g/mol. The summed E-state index contributed by atoms with van der Waals surface area (Å²) in [5.74, 6) is 0. The van der Waals surface area contributed by atoms with Gasteiger partial charge in [0, 0.05) is 30.9 Å². The molecule has 2 N–H and O–H groups in total. The minimum Gasteiger partial charge on any atom is -0.383 e. The van der Waals surface area contributed by atoms with Gasteiger partial charge in [-0.2, -0.15) is 0 Å². The van der Waals surface area contributed by atoms with Crippen LogP contribution in [0.2, 0.25) is 0 Å². The lowest BCUT2D eigenvalue weighted by atomic mass is 10.2. The highest BCUT2D eigenvalue weighted by Gasteiger charge is 1.99. The Hall–Kier alpha value is -1.79. The molecule has 1 aromatic heterocycles. The first-order valence-electron chi connectivity index (χ1n) is 5.53. The van der Waals surface area contributed by atoms with E-state index in [1.54, 1.807) is 13.3 Å². The topological polar surface area (TPSA) is 59.1 Å². The Morgan fingerprint density at radius 1 is 1.44 bits per heavy atom. The molecule has 1 heterocycles. The van der Waals surface area contributed by atoms with Crippen molar-refractivity contribution in [2.24, 2.45) is 0 Å². The molecule has 0 amide bonds. The normalized spacial score (nSPS) is 10.3. The fourth-order valence-electron chi connectivity index (χ4n) is 1.50. The van der Waals surface area contributed by atoms with Gasteiger partial charge in [0.15, 0.2) is 5.11 Å². The average Bonchev–Trinajstić information content (AvgIpc) is 2.39. The molecule has 94 valence electrons. The van der Waals surface area contributed by atoms with E-state index in [2.05, 4.69) is 20.6 Å². The molecule has 0 unspecified atom stereocenters. The van der Waals surface area contributed by atoms with Crippen molar-refractivity contribution in [2.45, 2.75) is 0 Å². The van der Waals surface area contributed by atoms with Crippen molar-refractivity contribution in [3.8, 4) is 0 Å². The molecule has 1 aromatic carbocycles. The number of aromatic nitrogens is 2. The number of ether oxygens (including phenoxy) is 1. The smallest absolute Gasteiger partial charge is 0.170 e. The van der Waals surface area contributed by atoms with Crippen molar-refractivity contribution in [1.82, 2.24) is 15.3 Å². The summed E-state index contributed by atoms with van der Waals surface area (Å²) in [6.07, 6.45) is 3.31. The molecule has 0 aliphatic rings. The third kappa shape index (κ3) is 3.35. The lowest BCUT2D eigenvalue weighted by Gasteiger charge is -2.10. The molecule has 0 radical (unpaired) electrons. The number of methoxy groups -OCH3 is 1. The van der Waals surface area contributed by atoms with E-state index < -0.39 is 0 Å². The molecule has 0 saturated heterocycles. The third-order valence-corrected chi connectivity index (χ3v) is 2.60. The van der Waals surface area contributed by atoms with Crippen LogP contribution in [0.5, 0.6) is 0 Å². The second-order valence-electron chi connectivity index (χ2n) is 3.67. The summed E-state index contributed by atoms with van der Waals surface area (Å²) in [5.41, 5.74) is 1.82. The standard InChI is InChI=1S/C12H14N4OS/c1-17-5-4-14-12(18)16-10-2-3-11-9(6-10)7-13-8-15-11/h2-3,6-8H,4-5H2,1H3,(H2,14,16,18). The van der Waals surface area contributed by atoms with Crippen LogP contribution in [0.25, 0.3) is 10.9 Å². The maximum Gasteiger partial charge on any atom is 0.170 e. The molecule has 0 bridgehead atoms. The van der Waals surface area contributed by atoms with E-state index in [-0.39, 0.29) is 0 Å². The zero-order valence-corrected chi connectivity index (χ0v) is 10.8. The first-order chi connectivity index (χ1) is 8.79. The number of fused-ring (bicyclic) bond motifs is 1. The summed E-state index contributed by atoms with van der Waals surface area (Å²) < 4.78 is 4.93. The fourth-order valence-corrected chi connectivity index (χ4v) is 1.72. The lowest BCUT2D eigenvalue weighted by molar-refractivity contribution is 0.204. The van der Waals surface area contributed by atoms with Crippen molar-refractivity contribution in [3.63, 3.8) is 0 Å². The molecule has 5 nitrogen and oxygen atoms in total. The van der Waals surface area contributed by atoms with E-state index in [4.69, 9.17) is 17.0 Å². The Labute approximate surface area is 111 Å². The largest absolute Gasteiger partial charge is 0.383 e. The van der Waals surface area contributed by atoms with Gasteiger partial charge in [-0.25, -0.2) is 9.97 Å². The molecule has 2 aromatic rings. The lowest BCUT2D eigenvalue weighted by Crippen LogP contribution is -2.31. The number of hydrogen-bond donors (Lipinski definition) is 2. The van der Waals surface area contributed by atoms with Crippen LogP contribution in [-0.4, -0.2) is 35.3 Å². The second kappa shape index (κ2) is 6.23. The van der Waals surface area contributed by atoms with Crippen molar-refractivity contribution in [2.75, 3.05) is 25.6 Å². The highest BCUT2D eigenvalue weighted by Crippen LogP contribution is 2.15. The van der Waals surface area contributed by atoms with Gasteiger partial charge in [0.2, 0.25) is 0 Å². The Bertz CT molecular complexity index is 546. The van der Waals surface area contributed by atoms with Crippen LogP contribution < -0.4 is 10.6 Å². The van der Waals surface area contributed by atoms with E-state index in [0.717, 1.165) is 16.6 Å². The van der Waals surface area contributed by atoms with Gasteiger partial charge in [-0.15, -0.1) is 0 Å².